The normalized spacial score (nSPS) is 22.8. The Hall–Kier alpha value is -3.04. The molecule has 5 rings (SSSR count). The van der Waals surface area contributed by atoms with E-state index in [1.165, 1.54) is 10.4 Å². The van der Waals surface area contributed by atoms with Crippen molar-refractivity contribution in [3.63, 3.8) is 0 Å². The quantitative estimate of drug-likeness (QED) is 0.533. The number of piperazine rings is 1. The Morgan fingerprint density at radius 3 is 2.40 bits per heavy atom. The van der Waals surface area contributed by atoms with Crippen molar-refractivity contribution >= 4 is 21.5 Å². The van der Waals surface area contributed by atoms with Gasteiger partial charge in [-0.3, -0.25) is 4.98 Å². The molecule has 7 nitrogen and oxygen atoms in total. The number of hydrogen-bond acceptors (Lipinski definition) is 6. The van der Waals surface area contributed by atoms with Crippen LogP contribution in [0.4, 0.5) is 15.9 Å². The number of hydrogen-bond donors (Lipinski definition) is 0. The van der Waals surface area contributed by atoms with Gasteiger partial charge in [0.2, 0.25) is 10.0 Å². The maximum Gasteiger partial charge on any atom is 0.221 e. The number of benzene rings is 2. The Bertz CT molecular complexity index is 1250. The van der Waals surface area contributed by atoms with Gasteiger partial charge in [0.1, 0.15) is 16.9 Å². The van der Waals surface area contributed by atoms with E-state index in [1.54, 1.807) is 24.7 Å². The van der Waals surface area contributed by atoms with Crippen LogP contribution in [0.2, 0.25) is 0 Å². The molecule has 2 fully saturated rings. The van der Waals surface area contributed by atoms with Gasteiger partial charge in [-0.1, -0.05) is 36.4 Å². The highest BCUT2D eigenvalue weighted by Gasteiger charge is 2.40. The molecule has 0 N–H and O–H groups in total. The van der Waals surface area contributed by atoms with Crippen LogP contribution in [0.5, 0.6) is 0 Å². The molecule has 3 aromatic rings. The van der Waals surface area contributed by atoms with E-state index in [0.29, 0.717) is 12.0 Å². The van der Waals surface area contributed by atoms with Gasteiger partial charge in [0.05, 0.1) is 6.20 Å². The summed E-state index contributed by atoms with van der Waals surface area (Å²) in [5.41, 5.74) is 2.00. The van der Waals surface area contributed by atoms with Crippen LogP contribution in [0, 0.1) is 5.82 Å². The molecule has 9 heteroatoms. The minimum absolute atomic E-state index is 0.0411. The molecule has 0 saturated carbocycles. The highest BCUT2D eigenvalue weighted by Crippen LogP contribution is 2.38. The molecular weight excluding hydrogens is 465 g/mol. The number of nitrogens with zero attached hydrogens (tertiary/aromatic N) is 5. The molecule has 2 saturated heterocycles. The Kier molecular flexibility index (Phi) is 6.71. The average molecular weight is 496 g/mol. The average Bonchev–Trinajstić information content (AvgIpc) is 2.88. The second kappa shape index (κ2) is 9.91. The summed E-state index contributed by atoms with van der Waals surface area (Å²) in [5, 5.41) is -0.590. The Labute approximate surface area is 206 Å². The lowest BCUT2D eigenvalue weighted by Gasteiger charge is -2.38. The number of anilines is 2. The van der Waals surface area contributed by atoms with Crippen LogP contribution in [-0.2, 0) is 16.6 Å². The molecule has 184 valence electrons. The van der Waals surface area contributed by atoms with Crippen molar-refractivity contribution in [2.24, 2.45) is 0 Å². The van der Waals surface area contributed by atoms with Crippen LogP contribution >= 0.6 is 0 Å². The monoisotopic (exact) mass is 495 g/mol. The Morgan fingerprint density at radius 1 is 0.971 bits per heavy atom. The topological polar surface area (TPSA) is 69.6 Å². The Morgan fingerprint density at radius 2 is 1.71 bits per heavy atom. The van der Waals surface area contributed by atoms with Gasteiger partial charge in [0, 0.05) is 62.4 Å². The Balaban J connectivity index is 1.29. The van der Waals surface area contributed by atoms with Gasteiger partial charge in [-0.05, 0) is 37.5 Å². The van der Waals surface area contributed by atoms with Crippen LogP contribution in [0.15, 0.2) is 67.1 Å². The summed E-state index contributed by atoms with van der Waals surface area (Å²) < 4.78 is 43.7. The fourth-order valence-electron chi connectivity index (χ4n) is 5.03. The fourth-order valence-corrected chi connectivity index (χ4v) is 7.22. The van der Waals surface area contributed by atoms with Crippen molar-refractivity contribution < 1.29 is 12.8 Å². The minimum Gasteiger partial charge on any atom is -0.368 e. The number of sulfonamides is 1. The SMILES string of the molecule is CC1CCC(c2ccccc2)S(=O)(=O)N1Cc1ccc(N2CCN(c3cnccn3)CC2)cc1F. The van der Waals surface area contributed by atoms with E-state index in [-0.39, 0.29) is 18.4 Å². The van der Waals surface area contributed by atoms with E-state index in [9.17, 15) is 8.42 Å². The van der Waals surface area contributed by atoms with Crippen molar-refractivity contribution in [2.75, 3.05) is 36.0 Å². The van der Waals surface area contributed by atoms with Crippen molar-refractivity contribution in [3.8, 4) is 0 Å². The predicted octanol–water partition coefficient (Wildman–Crippen LogP) is 4.00. The molecule has 0 amide bonds. The van der Waals surface area contributed by atoms with Gasteiger partial charge in [-0.25, -0.2) is 17.8 Å². The summed E-state index contributed by atoms with van der Waals surface area (Å²) in [7, 11) is -3.60. The van der Waals surface area contributed by atoms with E-state index in [0.717, 1.165) is 49.7 Å². The highest BCUT2D eigenvalue weighted by molar-refractivity contribution is 7.89. The van der Waals surface area contributed by atoms with Gasteiger partial charge < -0.3 is 9.80 Å². The van der Waals surface area contributed by atoms with Crippen LogP contribution in [0.3, 0.4) is 0 Å². The van der Waals surface area contributed by atoms with Gasteiger partial charge >= 0.3 is 0 Å². The summed E-state index contributed by atoms with van der Waals surface area (Å²) in [6.07, 6.45) is 6.41. The molecule has 0 radical (unpaired) electrons. The fraction of sp³-hybridized carbons (Fsp3) is 0.385. The third-order valence-corrected chi connectivity index (χ3v) is 9.45. The maximum absolute atomic E-state index is 15.2. The highest BCUT2D eigenvalue weighted by atomic mass is 32.2. The molecule has 2 atom stereocenters. The largest absolute Gasteiger partial charge is 0.368 e. The summed E-state index contributed by atoms with van der Waals surface area (Å²) in [6.45, 7) is 4.97. The molecule has 0 aliphatic carbocycles. The summed E-state index contributed by atoms with van der Waals surface area (Å²) in [6, 6.07) is 14.3. The molecule has 2 unspecified atom stereocenters. The predicted molar refractivity (Wildman–Crippen MR) is 135 cm³/mol. The molecule has 2 aliphatic heterocycles. The van der Waals surface area contributed by atoms with E-state index < -0.39 is 15.3 Å². The summed E-state index contributed by atoms with van der Waals surface area (Å²) in [4.78, 5) is 12.8. The molecule has 2 aromatic carbocycles. The zero-order valence-corrected chi connectivity index (χ0v) is 20.6. The van der Waals surface area contributed by atoms with Crippen molar-refractivity contribution in [1.82, 2.24) is 14.3 Å². The lowest BCUT2D eigenvalue weighted by Crippen LogP contribution is -2.47. The zero-order chi connectivity index (χ0) is 24.4. The van der Waals surface area contributed by atoms with Gasteiger partial charge in [-0.2, -0.15) is 4.31 Å². The molecule has 1 aromatic heterocycles. The first kappa shape index (κ1) is 23.7. The van der Waals surface area contributed by atoms with Crippen LogP contribution < -0.4 is 9.80 Å². The number of aromatic nitrogens is 2. The van der Waals surface area contributed by atoms with E-state index in [1.807, 2.05) is 43.3 Å². The third kappa shape index (κ3) is 4.88. The van der Waals surface area contributed by atoms with Crippen LogP contribution in [0.25, 0.3) is 0 Å². The van der Waals surface area contributed by atoms with Crippen molar-refractivity contribution in [2.45, 2.75) is 37.6 Å². The summed E-state index contributed by atoms with van der Waals surface area (Å²) >= 11 is 0. The van der Waals surface area contributed by atoms with E-state index >= 15 is 4.39 Å². The van der Waals surface area contributed by atoms with Crippen molar-refractivity contribution in [3.05, 3.63) is 84.1 Å². The van der Waals surface area contributed by atoms with Gasteiger partial charge in [-0.15, -0.1) is 0 Å². The lowest BCUT2D eigenvalue weighted by molar-refractivity contribution is 0.279. The standard InChI is InChI=1S/C26H30FN5O2S/c1-20-7-10-25(21-5-3-2-4-6-21)35(33,34)32(20)19-22-8-9-23(17-24(22)27)30-13-15-31(16-14-30)26-18-28-11-12-29-26/h2-6,8-9,11-12,17-18,20,25H,7,10,13-16,19H2,1H3. The van der Waals surface area contributed by atoms with E-state index in [2.05, 4.69) is 19.8 Å². The molecule has 0 bridgehead atoms. The van der Waals surface area contributed by atoms with Gasteiger partial charge in [0.25, 0.3) is 0 Å². The molecule has 35 heavy (non-hydrogen) atoms. The van der Waals surface area contributed by atoms with Crippen LogP contribution in [-0.4, -0.2) is 54.9 Å². The number of rotatable bonds is 5. The first-order valence-corrected chi connectivity index (χ1v) is 13.5. The van der Waals surface area contributed by atoms with Crippen molar-refractivity contribution in [1.29, 1.82) is 0 Å². The first-order valence-electron chi connectivity index (χ1n) is 12.0. The molecule has 0 spiro atoms. The number of halogens is 1. The second-order valence-electron chi connectivity index (χ2n) is 9.23. The third-order valence-electron chi connectivity index (χ3n) is 7.08. The first-order chi connectivity index (χ1) is 16.9. The van der Waals surface area contributed by atoms with E-state index in [4.69, 9.17) is 0 Å². The maximum atomic E-state index is 15.2. The molecule has 2 aliphatic rings. The van der Waals surface area contributed by atoms with Crippen LogP contribution in [0.1, 0.15) is 36.1 Å². The van der Waals surface area contributed by atoms with Gasteiger partial charge in [0.15, 0.2) is 0 Å². The minimum atomic E-state index is -3.60. The summed E-state index contributed by atoms with van der Waals surface area (Å²) in [5.74, 6) is 0.474. The lowest BCUT2D eigenvalue weighted by atomic mass is 10.0. The molecule has 3 heterocycles. The molecular formula is C26H30FN5O2S. The zero-order valence-electron chi connectivity index (χ0n) is 19.8. The second-order valence-corrected chi connectivity index (χ2v) is 11.3. The smallest absolute Gasteiger partial charge is 0.221 e.